The number of rotatable bonds is 2. The standard InChI is InChI=1S/C19H25NO3/c1-18(2)15(13-7-9-14(10-8-13)20(3)4)23-17(22)19(16(18)21)11-5-6-12-19/h7-10,15H,5-6,11-12H2,1-4H3/t15-/m1/s1. The molecule has 2 aliphatic rings. The van der Waals surface area contributed by atoms with Gasteiger partial charge in [0.25, 0.3) is 0 Å². The van der Waals surface area contributed by atoms with Crippen LogP contribution in [0, 0.1) is 10.8 Å². The molecule has 1 saturated carbocycles. The minimum Gasteiger partial charge on any atom is -0.456 e. The molecule has 1 spiro atoms. The largest absolute Gasteiger partial charge is 0.456 e. The molecule has 0 radical (unpaired) electrons. The molecule has 3 rings (SSSR count). The topological polar surface area (TPSA) is 46.6 Å². The lowest BCUT2D eigenvalue weighted by atomic mass is 9.64. The Morgan fingerprint density at radius 1 is 1.04 bits per heavy atom. The van der Waals surface area contributed by atoms with E-state index < -0.39 is 16.9 Å². The number of ketones is 1. The number of nitrogens with zero attached hydrogens (tertiary/aromatic N) is 1. The molecule has 0 aromatic heterocycles. The highest BCUT2D eigenvalue weighted by Gasteiger charge is 2.61. The Balaban J connectivity index is 1.95. The van der Waals surface area contributed by atoms with Gasteiger partial charge in [-0.05, 0) is 44.4 Å². The van der Waals surface area contributed by atoms with Crippen molar-refractivity contribution in [1.29, 1.82) is 0 Å². The van der Waals surface area contributed by atoms with Gasteiger partial charge in [-0.2, -0.15) is 0 Å². The zero-order chi connectivity index (χ0) is 16.8. The number of hydrogen-bond donors (Lipinski definition) is 0. The predicted octanol–water partition coefficient (Wildman–Crippen LogP) is 3.51. The van der Waals surface area contributed by atoms with Crippen molar-refractivity contribution in [1.82, 2.24) is 0 Å². The van der Waals surface area contributed by atoms with Gasteiger partial charge in [0, 0.05) is 19.8 Å². The van der Waals surface area contributed by atoms with Crippen LogP contribution in [0.4, 0.5) is 5.69 Å². The molecule has 0 amide bonds. The zero-order valence-corrected chi connectivity index (χ0v) is 14.4. The van der Waals surface area contributed by atoms with Gasteiger partial charge in [-0.3, -0.25) is 9.59 Å². The summed E-state index contributed by atoms with van der Waals surface area (Å²) in [5.74, 6) is -0.263. The van der Waals surface area contributed by atoms with Gasteiger partial charge in [-0.25, -0.2) is 0 Å². The number of ether oxygens (including phenoxy) is 1. The normalized spacial score (nSPS) is 25.5. The SMILES string of the molecule is CN(C)c1ccc([C@H]2OC(=O)C3(CCCC3)C(=O)C2(C)C)cc1. The van der Waals surface area contributed by atoms with Crippen molar-refractivity contribution >= 4 is 17.4 Å². The van der Waals surface area contributed by atoms with Gasteiger partial charge in [0.1, 0.15) is 11.5 Å². The molecule has 23 heavy (non-hydrogen) atoms. The first-order chi connectivity index (χ1) is 10.8. The average molecular weight is 315 g/mol. The Labute approximate surface area is 137 Å². The van der Waals surface area contributed by atoms with Crippen LogP contribution in [0.3, 0.4) is 0 Å². The maximum Gasteiger partial charge on any atom is 0.320 e. The second-order valence-corrected chi connectivity index (χ2v) is 7.61. The molecule has 1 aliphatic carbocycles. The molecule has 1 aliphatic heterocycles. The van der Waals surface area contributed by atoms with Crippen LogP contribution in [-0.4, -0.2) is 25.8 Å². The Morgan fingerprint density at radius 3 is 2.13 bits per heavy atom. The quantitative estimate of drug-likeness (QED) is 0.619. The number of hydrogen-bond acceptors (Lipinski definition) is 4. The maximum atomic E-state index is 13.1. The van der Waals surface area contributed by atoms with Crippen molar-refractivity contribution in [3.05, 3.63) is 29.8 Å². The molecule has 4 heteroatoms. The second kappa shape index (κ2) is 5.36. The predicted molar refractivity (Wildman–Crippen MR) is 89.3 cm³/mol. The summed E-state index contributed by atoms with van der Waals surface area (Å²) in [5.41, 5.74) is 0.379. The van der Waals surface area contributed by atoms with Crippen molar-refractivity contribution in [3.63, 3.8) is 0 Å². The van der Waals surface area contributed by atoms with Gasteiger partial charge < -0.3 is 9.64 Å². The number of benzene rings is 1. The van der Waals surface area contributed by atoms with Gasteiger partial charge in [0.2, 0.25) is 0 Å². The highest BCUT2D eigenvalue weighted by atomic mass is 16.5. The van der Waals surface area contributed by atoms with Crippen molar-refractivity contribution in [3.8, 4) is 0 Å². The molecule has 0 unspecified atom stereocenters. The van der Waals surface area contributed by atoms with E-state index in [0.29, 0.717) is 12.8 Å². The van der Waals surface area contributed by atoms with Crippen molar-refractivity contribution < 1.29 is 14.3 Å². The first-order valence-electron chi connectivity index (χ1n) is 8.32. The number of cyclic esters (lactones) is 1. The second-order valence-electron chi connectivity index (χ2n) is 7.61. The van der Waals surface area contributed by atoms with Gasteiger partial charge in [-0.1, -0.05) is 25.0 Å². The highest BCUT2D eigenvalue weighted by Crippen LogP contribution is 2.53. The van der Waals surface area contributed by atoms with E-state index >= 15 is 0 Å². The molecule has 0 bridgehead atoms. The summed E-state index contributed by atoms with van der Waals surface area (Å²) in [6.45, 7) is 3.82. The Hall–Kier alpha value is -1.84. The van der Waals surface area contributed by atoms with E-state index in [1.807, 2.05) is 57.1 Å². The number of esters is 1. The van der Waals surface area contributed by atoms with Gasteiger partial charge in [0.05, 0.1) is 5.41 Å². The van der Waals surface area contributed by atoms with Crippen molar-refractivity contribution in [2.24, 2.45) is 10.8 Å². The first-order valence-corrected chi connectivity index (χ1v) is 8.32. The first kappa shape index (κ1) is 16.0. The van der Waals surface area contributed by atoms with E-state index in [2.05, 4.69) is 0 Å². The monoisotopic (exact) mass is 315 g/mol. The lowest BCUT2D eigenvalue weighted by Crippen LogP contribution is -2.53. The molecule has 4 nitrogen and oxygen atoms in total. The average Bonchev–Trinajstić information content (AvgIpc) is 3.01. The molecule has 124 valence electrons. The van der Waals surface area contributed by atoms with Crippen molar-refractivity contribution in [2.45, 2.75) is 45.6 Å². The summed E-state index contributed by atoms with van der Waals surface area (Å²) in [5, 5.41) is 0. The molecular weight excluding hydrogens is 290 g/mol. The summed E-state index contributed by atoms with van der Waals surface area (Å²) >= 11 is 0. The van der Waals surface area contributed by atoms with Crippen LogP contribution in [0.5, 0.6) is 0 Å². The molecule has 1 atom stereocenters. The van der Waals surface area contributed by atoms with Gasteiger partial charge in [-0.15, -0.1) is 0 Å². The zero-order valence-electron chi connectivity index (χ0n) is 14.4. The van der Waals surface area contributed by atoms with Crippen LogP contribution in [0.25, 0.3) is 0 Å². The summed E-state index contributed by atoms with van der Waals surface area (Å²) in [7, 11) is 3.96. The summed E-state index contributed by atoms with van der Waals surface area (Å²) in [6, 6.07) is 7.89. The fourth-order valence-electron chi connectivity index (χ4n) is 4.04. The Morgan fingerprint density at radius 2 is 1.61 bits per heavy atom. The highest BCUT2D eigenvalue weighted by molar-refractivity contribution is 6.08. The number of Topliss-reactive ketones (excluding diaryl/α,β-unsaturated/α-hetero) is 1. The van der Waals surface area contributed by atoms with Crippen LogP contribution in [0.2, 0.25) is 0 Å². The van der Waals surface area contributed by atoms with Crippen LogP contribution >= 0.6 is 0 Å². The van der Waals surface area contributed by atoms with Crippen LogP contribution < -0.4 is 4.90 Å². The van der Waals surface area contributed by atoms with Crippen LogP contribution in [0.15, 0.2) is 24.3 Å². The minimum atomic E-state index is -0.885. The van der Waals surface area contributed by atoms with Gasteiger partial charge >= 0.3 is 5.97 Å². The van der Waals surface area contributed by atoms with Gasteiger partial charge in [0.15, 0.2) is 5.78 Å². The lowest BCUT2D eigenvalue weighted by molar-refractivity contribution is -0.189. The summed E-state index contributed by atoms with van der Waals surface area (Å²) < 4.78 is 5.82. The number of anilines is 1. The van der Waals surface area contributed by atoms with E-state index in [-0.39, 0.29) is 11.8 Å². The fraction of sp³-hybridized carbons (Fsp3) is 0.579. The molecule has 1 aromatic rings. The smallest absolute Gasteiger partial charge is 0.320 e. The van der Waals surface area contributed by atoms with E-state index in [1.54, 1.807) is 0 Å². The third kappa shape index (κ3) is 2.35. The van der Waals surface area contributed by atoms with E-state index in [1.165, 1.54) is 0 Å². The fourth-order valence-corrected chi connectivity index (χ4v) is 4.04. The summed E-state index contributed by atoms with van der Waals surface area (Å²) in [4.78, 5) is 27.8. The van der Waals surface area contributed by atoms with E-state index in [9.17, 15) is 9.59 Å². The molecular formula is C19H25NO3. The maximum absolute atomic E-state index is 13.1. The number of carbonyl (C=O) groups excluding carboxylic acids is 2. The Kier molecular flexibility index (Phi) is 3.74. The third-order valence-electron chi connectivity index (χ3n) is 5.46. The molecule has 1 saturated heterocycles. The van der Waals surface area contributed by atoms with Crippen molar-refractivity contribution in [2.75, 3.05) is 19.0 Å². The molecule has 1 heterocycles. The minimum absolute atomic E-state index is 0.0560. The molecule has 1 aromatic carbocycles. The lowest BCUT2D eigenvalue weighted by Gasteiger charge is -2.44. The van der Waals surface area contributed by atoms with E-state index in [4.69, 9.17) is 4.74 Å². The summed E-state index contributed by atoms with van der Waals surface area (Å²) in [6.07, 6.45) is 2.63. The number of carbonyl (C=O) groups is 2. The molecule has 0 N–H and O–H groups in total. The molecule has 2 fully saturated rings. The Bertz CT molecular complexity index is 625. The van der Waals surface area contributed by atoms with Crippen LogP contribution in [0.1, 0.15) is 51.2 Å². The van der Waals surface area contributed by atoms with Crippen LogP contribution in [-0.2, 0) is 14.3 Å². The third-order valence-corrected chi connectivity index (χ3v) is 5.46. The van der Waals surface area contributed by atoms with E-state index in [0.717, 1.165) is 24.1 Å².